The zero-order valence-electron chi connectivity index (χ0n) is 15.0. The molecule has 0 aromatic heterocycles. The van der Waals surface area contributed by atoms with Crippen LogP contribution in [0.1, 0.15) is 20.7 Å². The number of hydrogen-bond acceptors (Lipinski definition) is 3. The first-order valence-corrected chi connectivity index (χ1v) is 9.13. The number of carbonyl (C=O) groups is 2. The third kappa shape index (κ3) is 5.34. The molecule has 3 rings (SSSR count). The van der Waals surface area contributed by atoms with Crippen molar-refractivity contribution in [2.24, 2.45) is 0 Å². The zero-order chi connectivity index (χ0) is 19.8. The van der Waals surface area contributed by atoms with Gasteiger partial charge in [0, 0.05) is 10.6 Å². The molecule has 2 amide bonds. The first-order valence-electron chi connectivity index (χ1n) is 8.75. The molecule has 0 saturated carbocycles. The minimum absolute atomic E-state index is 0.288. The van der Waals surface area contributed by atoms with Crippen molar-refractivity contribution in [2.45, 2.75) is 0 Å². The Hall–Kier alpha value is -3.31. The van der Waals surface area contributed by atoms with Gasteiger partial charge in [-0.25, -0.2) is 0 Å². The Morgan fingerprint density at radius 1 is 0.821 bits per heavy atom. The summed E-state index contributed by atoms with van der Waals surface area (Å²) in [7, 11) is 0. The van der Waals surface area contributed by atoms with Crippen LogP contribution >= 0.6 is 11.6 Å². The van der Waals surface area contributed by atoms with Gasteiger partial charge in [-0.2, -0.15) is 0 Å². The van der Waals surface area contributed by atoms with Crippen molar-refractivity contribution in [2.75, 3.05) is 18.5 Å². The summed E-state index contributed by atoms with van der Waals surface area (Å²) < 4.78 is 5.56. The van der Waals surface area contributed by atoms with Crippen molar-refractivity contribution in [1.82, 2.24) is 5.32 Å². The normalized spacial score (nSPS) is 10.2. The van der Waals surface area contributed by atoms with Gasteiger partial charge < -0.3 is 15.4 Å². The Kier molecular flexibility index (Phi) is 6.65. The van der Waals surface area contributed by atoms with Crippen LogP contribution < -0.4 is 15.4 Å². The molecule has 3 aromatic rings. The molecule has 5 nitrogen and oxygen atoms in total. The van der Waals surface area contributed by atoms with Gasteiger partial charge >= 0.3 is 0 Å². The molecule has 0 aliphatic rings. The Morgan fingerprint density at radius 3 is 2.25 bits per heavy atom. The minimum atomic E-state index is -0.315. The summed E-state index contributed by atoms with van der Waals surface area (Å²) in [5, 5.41) is 6.12. The monoisotopic (exact) mass is 394 g/mol. The van der Waals surface area contributed by atoms with Gasteiger partial charge in [0.2, 0.25) is 0 Å². The van der Waals surface area contributed by atoms with Crippen molar-refractivity contribution in [3.05, 3.63) is 95.0 Å². The summed E-state index contributed by atoms with van der Waals surface area (Å²) in [6.07, 6.45) is 0. The number of para-hydroxylation sites is 2. The van der Waals surface area contributed by atoms with Crippen LogP contribution in [-0.4, -0.2) is 25.0 Å². The maximum Gasteiger partial charge on any atom is 0.255 e. The van der Waals surface area contributed by atoms with Crippen LogP contribution in [0.25, 0.3) is 0 Å². The number of nitrogens with one attached hydrogen (secondary N) is 2. The molecule has 6 heteroatoms. The predicted octanol–water partition coefficient (Wildman–Crippen LogP) is 4.40. The molecule has 0 aliphatic heterocycles. The van der Waals surface area contributed by atoms with Gasteiger partial charge in [-0.05, 0) is 48.5 Å². The summed E-state index contributed by atoms with van der Waals surface area (Å²) in [5.74, 6) is 0.139. The number of carbonyl (C=O) groups excluding carboxylic acids is 2. The maximum atomic E-state index is 12.5. The lowest BCUT2D eigenvalue weighted by Gasteiger charge is -2.12. The molecule has 142 valence electrons. The molecular formula is C22H19ClN2O3. The lowest BCUT2D eigenvalue weighted by molar-refractivity contribution is 0.0948. The van der Waals surface area contributed by atoms with Crippen molar-refractivity contribution in [1.29, 1.82) is 0 Å². The second-order valence-corrected chi connectivity index (χ2v) is 6.36. The molecule has 0 saturated heterocycles. The number of amides is 2. The first kappa shape index (κ1) is 19.5. The first-order chi connectivity index (χ1) is 13.6. The highest BCUT2D eigenvalue weighted by Gasteiger charge is 2.13. The van der Waals surface area contributed by atoms with E-state index in [0.29, 0.717) is 35.0 Å². The number of anilines is 1. The van der Waals surface area contributed by atoms with E-state index in [1.807, 2.05) is 30.3 Å². The average Bonchev–Trinajstić information content (AvgIpc) is 2.72. The Morgan fingerprint density at radius 2 is 1.50 bits per heavy atom. The van der Waals surface area contributed by atoms with Gasteiger partial charge in [0.1, 0.15) is 12.4 Å². The fourth-order valence-electron chi connectivity index (χ4n) is 2.53. The lowest BCUT2D eigenvalue weighted by atomic mass is 10.1. The SMILES string of the molecule is O=C(Nc1ccccc1C(=O)NCCOc1ccccc1)c1ccc(Cl)cc1. The molecule has 0 fully saturated rings. The molecule has 0 aliphatic carbocycles. The number of ether oxygens (including phenoxy) is 1. The van der Waals surface area contributed by atoms with Crippen molar-refractivity contribution >= 4 is 29.1 Å². The van der Waals surface area contributed by atoms with E-state index in [0.717, 1.165) is 5.75 Å². The Balaban J connectivity index is 1.58. The Bertz CT molecular complexity index is 944. The highest BCUT2D eigenvalue weighted by atomic mass is 35.5. The van der Waals surface area contributed by atoms with Crippen molar-refractivity contribution in [3.63, 3.8) is 0 Å². The summed E-state index contributed by atoms with van der Waals surface area (Å²) in [6, 6.07) is 22.7. The molecule has 0 radical (unpaired) electrons. The zero-order valence-corrected chi connectivity index (χ0v) is 15.8. The van der Waals surface area contributed by atoms with E-state index < -0.39 is 0 Å². The van der Waals surface area contributed by atoms with Crippen LogP contribution in [0.4, 0.5) is 5.69 Å². The summed E-state index contributed by atoms with van der Waals surface area (Å²) in [6.45, 7) is 0.683. The Labute approximate surface area is 168 Å². The van der Waals surface area contributed by atoms with Gasteiger partial charge in [0.05, 0.1) is 17.8 Å². The lowest BCUT2D eigenvalue weighted by Crippen LogP contribution is -2.29. The van der Waals surface area contributed by atoms with E-state index >= 15 is 0 Å². The van der Waals surface area contributed by atoms with Crippen LogP contribution in [0.15, 0.2) is 78.9 Å². The van der Waals surface area contributed by atoms with Gasteiger partial charge in [0.25, 0.3) is 11.8 Å². The van der Waals surface area contributed by atoms with E-state index in [9.17, 15) is 9.59 Å². The number of rotatable bonds is 7. The van der Waals surface area contributed by atoms with Crippen LogP contribution in [0.2, 0.25) is 5.02 Å². The van der Waals surface area contributed by atoms with E-state index in [1.165, 1.54) is 0 Å². The number of hydrogen-bond donors (Lipinski definition) is 2. The molecule has 0 spiro atoms. The second-order valence-electron chi connectivity index (χ2n) is 5.92. The van der Waals surface area contributed by atoms with E-state index in [4.69, 9.17) is 16.3 Å². The highest BCUT2D eigenvalue weighted by molar-refractivity contribution is 6.30. The summed E-state index contributed by atoms with van der Waals surface area (Å²) in [4.78, 5) is 24.9. The highest BCUT2D eigenvalue weighted by Crippen LogP contribution is 2.17. The van der Waals surface area contributed by atoms with Crippen molar-refractivity contribution in [3.8, 4) is 5.75 Å². The molecule has 2 N–H and O–H groups in total. The predicted molar refractivity (Wildman–Crippen MR) is 110 cm³/mol. The molecular weight excluding hydrogens is 376 g/mol. The molecule has 3 aromatic carbocycles. The van der Waals surface area contributed by atoms with Crippen LogP contribution in [0, 0.1) is 0 Å². The second kappa shape index (κ2) is 9.58. The van der Waals surface area contributed by atoms with E-state index in [1.54, 1.807) is 48.5 Å². The summed E-state index contributed by atoms with van der Waals surface area (Å²) >= 11 is 5.85. The van der Waals surface area contributed by atoms with Gasteiger partial charge in [-0.3, -0.25) is 9.59 Å². The number of halogens is 1. The average molecular weight is 395 g/mol. The van der Waals surface area contributed by atoms with Crippen LogP contribution in [-0.2, 0) is 0 Å². The molecule has 0 unspecified atom stereocenters. The molecule has 0 atom stereocenters. The quantitative estimate of drug-likeness (QED) is 0.583. The summed E-state index contributed by atoms with van der Waals surface area (Å²) in [5.41, 5.74) is 1.27. The van der Waals surface area contributed by atoms with Gasteiger partial charge in [-0.15, -0.1) is 0 Å². The molecule has 0 heterocycles. The molecule has 0 bridgehead atoms. The van der Waals surface area contributed by atoms with Gasteiger partial charge in [-0.1, -0.05) is 41.9 Å². The standard InChI is InChI=1S/C22H19ClN2O3/c23-17-12-10-16(11-13-17)21(26)25-20-9-5-4-8-19(20)22(27)24-14-15-28-18-6-2-1-3-7-18/h1-13H,14-15H2,(H,24,27)(H,25,26). The largest absolute Gasteiger partial charge is 0.492 e. The van der Waals surface area contributed by atoms with Crippen LogP contribution in [0.5, 0.6) is 5.75 Å². The molecule has 28 heavy (non-hydrogen) atoms. The topological polar surface area (TPSA) is 67.4 Å². The number of benzene rings is 3. The smallest absolute Gasteiger partial charge is 0.255 e. The fraction of sp³-hybridized carbons (Fsp3) is 0.0909. The van der Waals surface area contributed by atoms with Crippen LogP contribution in [0.3, 0.4) is 0 Å². The fourth-order valence-corrected chi connectivity index (χ4v) is 2.66. The van der Waals surface area contributed by atoms with Gasteiger partial charge in [0.15, 0.2) is 0 Å². The minimum Gasteiger partial charge on any atom is -0.492 e. The maximum absolute atomic E-state index is 12.5. The van der Waals surface area contributed by atoms with Crippen molar-refractivity contribution < 1.29 is 14.3 Å². The van der Waals surface area contributed by atoms with E-state index in [-0.39, 0.29) is 11.8 Å². The van der Waals surface area contributed by atoms with E-state index in [2.05, 4.69) is 10.6 Å². The third-order valence-corrected chi connectivity index (χ3v) is 4.18. The third-order valence-electron chi connectivity index (χ3n) is 3.93.